The number of aromatic nitrogens is 3. The fourth-order valence-electron chi connectivity index (χ4n) is 3.17. The first-order valence-corrected chi connectivity index (χ1v) is 10.6. The molecule has 142 valence electrons. The molecule has 1 aliphatic carbocycles. The van der Waals surface area contributed by atoms with Gasteiger partial charge in [-0.05, 0) is 43.4 Å². The van der Waals surface area contributed by atoms with Gasteiger partial charge in [0.1, 0.15) is 16.8 Å². The van der Waals surface area contributed by atoms with Crippen molar-refractivity contribution >= 4 is 34.0 Å². The highest BCUT2D eigenvalue weighted by atomic mass is 32.2. The van der Waals surface area contributed by atoms with E-state index in [2.05, 4.69) is 26.6 Å². The van der Waals surface area contributed by atoms with Crippen LogP contribution in [-0.4, -0.2) is 31.9 Å². The van der Waals surface area contributed by atoms with Gasteiger partial charge >= 0.3 is 0 Å². The van der Waals surface area contributed by atoms with E-state index in [1.165, 1.54) is 28.0 Å². The standard InChI is InChI=1S/C19H17N5O2S2/c20-9-13-11-5-2-4-8-15(11)28-18(13)21-16(26)10-27-19-22-17(23-24-19)12-6-1-3-7-14(12)25/h1,3,6-7,25H,2,4-5,8,10H2,(H,21,26)(H,22,23,24). The van der Waals surface area contributed by atoms with Crippen LogP contribution in [0, 0.1) is 11.3 Å². The summed E-state index contributed by atoms with van der Waals surface area (Å²) in [4.78, 5) is 17.9. The normalized spacial score (nSPS) is 13.0. The number of carbonyl (C=O) groups is 1. The predicted octanol–water partition coefficient (Wildman–Crippen LogP) is 3.72. The minimum absolute atomic E-state index is 0.110. The van der Waals surface area contributed by atoms with Gasteiger partial charge in [-0.25, -0.2) is 4.98 Å². The number of benzene rings is 1. The van der Waals surface area contributed by atoms with Gasteiger partial charge in [0.05, 0.1) is 16.9 Å². The molecule has 7 nitrogen and oxygen atoms in total. The lowest BCUT2D eigenvalue weighted by Gasteiger charge is -2.09. The Hall–Kier alpha value is -2.83. The van der Waals surface area contributed by atoms with Crippen molar-refractivity contribution in [2.75, 3.05) is 11.1 Å². The molecule has 2 heterocycles. The number of carbonyl (C=O) groups excluding carboxylic acids is 1. The molecule has 0 saturated carbocycles. The molecule has 28 heavy (non-hydrogen) atoms. The van der Waals surface area contributed by atoms with E-state index in [-0.39, 0.29) is 17.4 Å². The van der Waals surface area contributed by atoms with Gasteiger partial charge in [-0.3, -0.25) is 9.89 Å². The zero-order chi connectivity index (χ0) is 19.5. The Morgan fingerprint density at radius 2 is 2.18 bits per heavy atom. The van der Waals surface area contributed by atoms with Crippen molar-refractivity contribution in [3.63, 3.8) is 0 Å². The van der Waals surface area contributed by atoms with E-state index in [9.17, 15) is 15.2 Å². The van der Waals surface area contributed by atoms with Crippen molar-refractivity contribution in [2.45, 2.75) is 30.8 Å². The quantitative estimate of drug-likeness (QED) is 0.551. The minimum Gasteiger partial charge on any atom is -0.507 e. The number of nitrogens with zero attached hydrogens (tertiary/aromatic N) is 3. The van der Waals surface area contributed by atoms with Crippen molar-refractivity contribution in [2.24, 2.45) is 0 Å². The van der Waals surface area contributed by atoms with Crippen molar-refractivity contribution in [1.29, 1.82) is 5.26 Å². The summed E-state index contributed by atoms with van der Waals surface area (Å²) in [5.41, 5.74) is 2.26. The number of aryl methyl sites for hydroxylation is 1. The fourth-order valence-corrected chi connectivity index (χ4v) is 5.02. The fraction of sp³-hybridized carbons (Fsp3) is 0.263. The number of amides is 1. The molecule has 4 rings (SSSR count). The highest BCUT2D eigenvalue weighted by Gasteiger charge is 2.22. The number of nitriles is 1. The van der Waals surface area contributed by atoms with Crippen LogP contribution < -0.4 is 5.32 Å². The third-order valence-corrected chi connectivity index (χ3v) is 6.55. The van der Waals surface area contributed by atoms with Crippen molar-refractivity contribution in [3.8, 4) is 23.2 Å². The van der Waals surface area contributed by atoms with Crippen LogP contribution in [0.5, 0.6) is 5.75 Å². The van der Waals surface area contributed by atoms with Crippen LogP contribution in [0.25, 0.3) is 11.4 Å². The monoisotopic (exact) mass is 411 g/mol. The van der Waals surface area contributed by atoms with Gasteiger partial charge in [0.25, 0.3) is 0 Å². The van der Waals surface area contributed by atoms with Crippen LogP contribution in [-0.2, 0) is 17.6 Å². The summed E-state index contributed by atoms with van der Waals surface area (Å²) in [6, 6.07) is 9.08. The molecule has 0 atom stereocenters. The van der Waals surface area contributed by atoms with E-state index in [0.29, 0.717) is 27.1 Å². The maximum Gasteiger partial charge on any atom is 0.235 e. The summed E-state index contributed by atoms with van der Waals surface area (Å²) in [5.74, 6) is 0.484. The molecule has 0 spiro atoms. The zero-order valence-corrected chi connectivity index (χ0v) is 16.5. The maximum absolute atomic E-state index is 12.4. The lowest BCUT2D eigenvalue weighted by Crippen LogP contribution is -2.14. The molecule has 0 radical (unpaired) electrons. The first kappa shape index (κ1) is 18.5. The predicted molar refractivity (Wildman–Crippen MR) is 109 cm³/mol. The van der Waals surface area contributed by atoms with Crippen LogP contribution >= 0.6 is 23.1 Å². The number of rotatable bonds is 5. The molecule has 3 N–H and O–H groups in total. The van der Waals surface area contributed by atoms with E-state index in [1.807, 2.05) is 0 Å². The maximum atomic E-state index is 12.4. The lowest BCUT2D eigenvalue weighted by molar-refractivity contribution is -0.113. The Balaban J connectivity index is 1.40. The SMILES string of the molecule is N#Cc1c(NC(=O)CSc2n[nH]c(-c3ccccc3O)n2)sc2c1CCCC2. The van der Waals surface area contributed by atoms with Gasteiger partial charge in [-0.15, -0.1) is 16.4 Å². The molecule has 1 aliphatic rings. The Morgan fingerprint density at radius 3 is 3.00 bits per heavy atom. The second-order valence-corrected chi connectivity index (χ2v) is 8.40. The summed E-state index contributed by atoms with van der Waals surface area (Å²) < 4.78 is 0. The number of fused-ring (bicyclic) bond motifs is 1. The van der Waals surface area contributed by atoms with Crippen LogP contribution in [0.15, 0.2) is 29.4 Å². The molecular weight excluding hydrogens is 394 g/mol. The number of nitrogens with one attached hydrogen (secondary N) is 2. The van der Waals surface area contributed by atoms with Gasteiger partial charge in [0.15, 0.2) is 5.82 Å². The molecule has 3 aromatic rings. The van der Waals surface area contributed by atoms with Crippen molar-refractivity contribution in [1.82, 2.24) is 15.2 Å². The summed E-state index contributed by atoms with van der Waals surface area (Å²) in [5, 5.41) is 30.1. The van der Waals surface area contributed by atoms with Gasteiger partial charge < -0.3 is 10.4 Å². The summed E-state index contributed by atoms with van der Waals surface area (Å²) in [6.07, 6.45) is 4.11. The number of thioether (sulfide) groups is 1. The molecule has 9 heteroatoms. The largest absolute Gasteiger partial charge is 0.507 e. The van der Waals surface area contributed by atoms with E-state index in [0.717, 1.165) is 31.2 Å². The van der Waals surface area contributed by atoms with Crippen molar-refractivity contribution < 1.29 is 9.90 Å². The van der Waals surface area contributed by atoms with E-state index in [1.54, 1.807) is 24.3 Å². The zero-order valence-electron chi connectivity index (χ0n) is 14.9. The smallest absolute Gasteiger partial charge is 0.235 e. The Kier molecular flexibility index (Phi) is 5.32. The average molecular weight is 412 g/mol. The molecule has 0 fully saturated rings. The lowest BCUT2D eigenvalue weighted by atomic mass is 9.96. The first-order valence-electron chi connectivity index (χ1n) is 8.83. The molecule has 2 aromatic heterocycles. The molecule has 1 aromatic carbocycles. The third-order valence-electron chi connectivity index (χ3n) is 4.49. The summed E-state index contributed by atoms with van der Waals surface area (Å²) in [7, 11) is 0. The van der Waals surface area contributed by atoms with Gasteiger partial charge in [0.2, 0.25) is 11.1 Å². The molecular formula is C19H17N5O2S2. The number of hydrogen-bond acceptors (Lipinski definition) is 7. The van der Waals surface area contributed by atoms with Crippen LogP contribution in [0.3, 0.4) is 0 Å². The number of phenols is 1. The third kappa shape index (κ3) is 3.74. The van der Waals surface area contributed by atoms with Crippen LogP contribution in [0.4, 0.5) is 5.00 Å². The highest BCUT2D eigenvalue weighted by molar-refractivity contribution is 7.99. The molecule has 0 bridgehead atoms. The second kappa shape index (κ2) is 8.04. The Labute approximate surface area is 169 Å². The summed E-state index contributed by atoms with van der Waals surface area (Å²) >= 11 is 2.70. The number of hydrogen-bond donors (Lipinski definition) is 3. The second-order valence-electron chi connectivity index (χ2n) is 6.35. The number of para-hydroxylation sites is 1. The Morgan fingerprint density at radius 1 is 1.36 bits per heavy atom. The average Bonchev–Trinajstić information content (AvgIpc) is 3.30. The number of aromatic amines is 1. The Bertz CT molecular complexity index is 1070. The van der Waals surface area contributed by atoms with E-state index >= 15 is 0 Å². The van der Waals surface area contributed by atoms with E-state index in [4.69, 9.17) is 0 Å². The molecule has 0 unspecified atom stereocenters. The molecule has 0 saturated heterocycles. The molecule has 1 amide bonds. The van der Waals surface area contributed by atoms with Gasteiger partial charge in [-0.1, -0.05) is 23.9 Å². The number of anilines is 1. The number of H-pyrrole nitrogens is 1. The number of phenolic OH excluding ortho intramolecular Hbond substituents is 1. The van der Waals surface area contributed by atoms with Crippen LogP contribution in [0.1, 0.15) is 28.8 Å². The van der Waals surface area contributed by atoms with Gasteiger partial charge in [0, 0.05) is 4.88 Å². The minimum atomic E-state index is -0.200. The van der Waals surface area contributed by atoms with E-state index < -0.39 is 0 Å². The number of aromatic hydroxyl groups is 1. The topological polar surface area (TPSA) is 115 Å². The number of thiophene rings is 1. The summed E-state index contributed by atoms with van der Waals surface area (Å²) in [6.45, 7) is 0. The van der Waals surface area contributed by atoms with Gasteiger partial charge in [-0.2, -0.15) is 5.26 Å². The first-order chi connectivity index (χ1) is 13.7. The highest BCUT2D eigenvalue weighted by Crippen LogP contribution is 2.37. The molecule has 0 aliphatic heterocycles. The van der Waals surface area contributed by atoms with Crippen LogP contribution in [0.2, 0.25) is 0 Å². The van der Waals surface area contributed by atoms with Crippen molar-refractivity contribution in [3.05, 3.63) is 40.3 Å².